The van der Waals surface area contributed by atoms with Gasteiger partial charge in [-0.25, -0.2) is 0 Å². The number of aromatic nitrogens is 2. The lowest BCUT2D eigenvalue weighted by atomic mass is 9.99. The molecule has 0 bridgehead atoms. The molecule has 0 radical (unpaired) electrons. The van der Waals surface area contributed by atoms with E-state index in [9.17, 15) is 4.79 Å². The minimum atomic E-state index is 0.0870. The van der Waals surface area contributed by atoms with Crippen LogP contribution < -0.4 is 10.6 Å². The van der Waals surface area contributed by atoms with Gasteiger partial charge in [0, 0.05) is 19.7 Å². The molecule has 1 aromatic heterocycles. The van der Waals surface area contributed by atoms with Crippen molar-refractivity contribution in [2.24, 2.45) is 13.0 Å². The fraction of sp³-hybridized carbons (Fsp3) is 0.636. The summed E-state index contributed by atoms with van der Waals surface area (Å²) < 4.78 is 1.70. The van der Waals surface area contributed by atoms with Crippen molar-refractivity contribution in [2.45, 2.75) is 19.8 Å². The van der Waals surface area contributed by atoms with E-state index in [2.05, 4.69) is 15.7 Å². The number of nitrogens with one attached hydrogen (secondary N) is 2. The van der Waals surface area contributed by atoms with Crippen molar-refractivity contribution < 1.29 is 4.79 Å². The first-order valence-corrected chi connectivity index (χ1v) is 5.69. The molecule has 1 amide bonds. The van der Waals surface area contributed by atoms with Crippen LogP contribution in [-0.2, 0) is 11.8 Å². The van der Waals surface area contributed by atoms with Crippen LogP contribution in [0.3, 0.4) is 0 Å². The molecule has 1 saturated heterocycles. The molecule has 2 N–H and O–H groups in total. The number of carbonyl (C=O) groups is 1. The van der Waals surface area contributed by atoms with E-state index >= 15 is 0 Å². The van der Waals surface area contributed by atoms with E-state index in [4.69, 9.17) is 0 Å². The smallest absolute Gasteiger partial charge is 0.229 e. The Morgan fingerprint density at radius 2 is 2.50 bits per heavy atom. The second-order valence-electron chi connectivity index (χ2n) is 4.33. The fourth-order valence-corrected chi connectivity index (χ4v) is 2.03. The van der Waals surface area contributed by atoms with Gasteiger partial charge in [0.05, 0.1) is 11.6 Å². The third kappa shape index (κ3) is 2.41. The van der Waals surface area contributed by atoms with E-state index in [1.165, 1.54) is 0 Å². The summed E-state index contributed by atoms with van der Waals surface area (Å²) in [7, 11) is 1.84. The molecular weight excluding hydrogens is 204 g/mol. The highest BCUT2D eigenvalue weighted by Crippen LogP contribution is 2.14. The number of amides is 1. The Balaban J connectivity index is 1.98. The van der Waals surface area contributed by atoms with Crippen molar-refractivity contribution in [3.63, 3.8) is 0 Å². The average Bonchev–Trinajstić information content (AvgIpc) is 2.59. The SMILES string of the molecule is Cc1cc(NC(=O)[C@@H]2CCCNC2)n(C)n1. The Morgan fingerprint density at radius 1 is 1.69 bits per heavy atom. The van der Waals surface area contributed by atoms with Gasteiger partial charge in [0.25, 0.3) is 0 Å². The Kier molecular flexibility index (Phi) is 3.24. The van der Waals surface area contributed by atoms with E-state index in [1.54, 1.807) is 4.68 Å². The lowest BCUT2D eigenvalue weighted by molar-refractivity contribution is -0.120. The van der Waals surface area contributed by atoms with E-state index in [0.717, 1.165) is 37.4 Å². The highest BCUT2D eigenvalue weighted by molar-refractivity contribution is 5.92. The third-order valence-electron chi connectivity index (χ3n) is 2.92. The van der Waals surface area contributed by atoms with E-state index in [0.29, 0.717) is 0 Å². The molecule has 16 heavy (non-hydrogen) atoms. The van der Waals surface area contributed by atoms with Gasteiger partial charge in [-0.3, -0.25) is 9.48 Å². The molecular formula is C11H18N4O. The zero-order valence-electron chi connectivity index (χ0n) is 9.79. The van der Waals surface area contributed by atoms with Crippen molar-refractivity contribution in [3.05, 3.63) is 11.8 Å². The van der Waals surface area contributed by atoms with Crippen LogP contribution >= 0.6 is 0 Å². The molecule has 5 nitrogen and oxygen atoms in total. The van der Waals surface area contributed by atoms with E-state index in [1.807, 2.05) is 20.0 Å². The molecule has 0 aromatic carbocycles. The Hall–Kier alpha value is -1.36. The molecule has 0 saturated carbocycles. The quantitative estimate of drug-likeness (QED) is 0.773. The van der Waals surface area contributed by atoms with Crippen molar-refractivity contribution in [2.75, 3.05) is 18.4 Å². The van der Waals surface area contributed by atoms with Gasteiger partial charge in [-0.05, 0) is 26.3 Å². The van der Waals surface area contributed by atoms with Crippen LogP contribution in [0.1, 0.15) is 18.5 Å². The Morgan fingerprint density at radius 3 is 3.06 bits per heavy atom. The number of piperidine rings is 1. The summed E-state index contributed by atoms with van der Waals surface area (Å²) >= 11 is 0. The number of hydrogen-bond acceptors (Lipinski definition) is 3. The van der Waals surface area contributed by atoms with E-state index < -0.39 is 0 Å². The van der Waals surface area contributed by atoms with Crippen molar-refractivity contribution >= 4 is 11.7 Å². The molecule has 1 aromatic rings. The number of carbonyl (C=O) groups excluding carboxylic acids is 1. The van der Waals surface area contributed by atoms with Crippen molar-refractivity contribution in [1.82, 2.24) is 15.1 Å². The predicted molar refractivity (Wildman–Crippen MR) is 62.2 cm³/mol. The second kappa shape index (κ2) is 4.65. The van der Waals surface area contributed by atoms with Gasteiger partial charge in [-0.15, -0.1) is 0 Å². The zero-order chi connectivity index (χ0) is 11.5. The van der Waals surface area contributed by atoms with Gasteiger partial charge in [0.15, 0.2) is 0 Å². The minimum Gasteiger partial charge on any atom is -0.316 e. The number of anilines is 1. The molecule has 88 valence electrons. The number of aryl methyl sites for hydroxylation is 2. The highest BCUT2D eigenvalue weighted by atomic mass is 16.2. The molecule has 1 fully saturated rings. The first-order valence-electron chi connectivity index (χ1n) is 5.69. The van der Waals surface area contributed by atoms with Gasteiger partial charge in [-0.1, -0.05) is 0 Å². The fourth-order valence-electron chi connectivity index (χ4n) is 2.03. The molecule has 5 heteroatoms. The minimum absolute atomic E-state index is 0.0870. The van der Waals surface area contributed by atoms with Crippen LogP contribution in [0.4, 0.5) is 5.82 Å². The molecule has 1 aliphatic heterocycles. The zero-order valence-corrected chi connectivity index (χ0v) is 9.79. The number of rotatable bonds is 2. The van der Waals surface area contributed by atoms with Crippen molar-refractivity contribution in [3.8, 4) is 0 Å². The third-order valence-corrected chi connectivity index (χ3v) is 2.92. The number of hydrogen-bond donors (Lipinski definition) is 2. The van der Waals surface area contributed by atoms with Crippen molar-refractivity contribution in [1.29, 1.82) is 0 Å². The normalized spacial score (nSPS) is 20.8. The summed E-state index contributed by atoms with van der Waals surface area (Å²) in [6.45, 7) is 3.72. The van der Waals surface area contributed by atoms with Gasteiger partial charge >= 0.3 is 0 Å². The molecule has 0 unspecified atom stereocenters. The van der Waals surface area contributed by atoms with Crippen LogP contribution in [0.5, 0.6) is 0 Å². The predicted octanol–water partition coefficient (Wildman–Crippen LogP) is 0.667. The van der Waals surface area contributed by atoms with Gasteiger partial charge < -0.3 is 10.6 Å². The maximum absolute atomic E-state index is 11.9. The topological polar surface area (TPSA) is 59.0 Å². The maximum Gasteiger partial charge on any atom is 0.229 e. The summed E-state index contributed by atoms with van der Waals surface area (Å²) in [5.74, 6) is 0.951. The molecule has 0 spiro atoms. The Bertz CT molecular complexity index is 379. The van der Waals surface area contributed by atoms with E-state index in [-0.39, 0.29) is 11.8 Å². The summed E-state index contributed by atoms with van der Waals surface area (Å²) in [4.78, 5) is 11.9. The van der Waals surface area contributed by atoms with Crippen LogP contribution in [0.15, 0.2) is 6.07 Å². The standard InChI is InChI=1S/C11H18N4O/c1-8-6-10(15(2)14-8)13-11(16)9-4-3-5-12-7-9/h6,9,12H,3-5,7H2,1-2H3,(H,13,16)/t9-/m1/s1. The molecule has 2 heterocycles. The summed E-state index contributed by atoms with van der Waals surface area (Å²) in [6, 6.07) is 1.88. The lowest BCUT2D eigenvalue weighted by Crippen LogP contribution is -2.37. The summed E-state index contributed by atoms with van der Waals surface area (Å²) in [5.41, 5.74) is 0.916. The van der Waals surface area contributed by atoms with Crippen LogP contribution in [0.25, 0.3) is 0 Å². The monoisotopic (exact) mass is 222 g/mol. The summed E-state index contributed by atoms with van der Waals surface area (Å²) in [5, 5.41) is 10.4. The molecule has 2 rings (SSSR count). The molecule has 1 atom stereocenters. The van der Waals surface area contributed by atoms with Gasteiger partial charge in [0.1, 0.15) is 5.82 Å². The number of nitrogens with zero attached hydrogens (tertiary/aromatic N) is 2. The lowest BCUT2D eigenvalue weighted by Gasteiger charge is -2.21. The largest absolute Gasteiger partial charge is 0.316 e. The maximum atomic E-state index is 11.9. The summed E-state index contributed by atoms with van der Waals surface area (Å²) in [6.07, 6.45) is 2.04. The van der Waals surface area contributed by atoms with Crippen LogP contribution in [0, 0.1) is 12.8 Å². The first kappa shape index (κ1) is 11.1. The van der Waals surface area contributed by atoms with Crippen LogP contribution in [0.2, 0.25) is 0 Å². The first-order chi connectivity index (χ1) is 7.66. The van der Waals surface area contributed by atoms with Gasteiger partial charge in [0.2, 0.25) is 5.91 Å². The van der Waals surface area contributed by atoms with Crippen LogP contribution in [-0.4, -0.2) is 28.8 Å². The second-order valence-corrected chi connectivity index (χ2v) is 4.33. The molecule has 0 aliphatic carbocycles. The molecule has 1 aliphatic rings. The highest BCUT2D eigenvalue weighted by Gasteiger charge is 2.21. The average molecular weight is 222 g/mol. The Labute approximate surface area is 95.2 Å². The van der Waals surface area contributed by atoms with Gasteiger partial charge in [-0.2, -0.15) is 5.10 Å².